The fourth-order valence-corrected chi connectivity index (χ4v) is 6.56. The van der Waals surface area contributed by atoms with Gasteiger partial charge in [-0.2, -0.15) is 0 Å². The molecule has 1 fully saturated rings. The number of amides is 1. The van der Waals surface area contributed by atoms with E-state index < -0.39 is 15.7 Å². The SMILES string of the molecule is CCC(NS(=O)C(C)(C)C)c1cccc(F)c1N1CCN(C(=O)[C@@H](C)C(CN(C)C)c2ccc(C)cc2Cl)CC1. The molecule has 3 unspecified atom stereocenters. The Hall–Kier alpha value is -2.00. The molecule has 3 rings (SSSR count). The maximum Gasteiger partial charge on any atom is 0.226 e. The van der Waals surface area contributed by atoms with Gasteiger partial charge < -0.3 is 14.7 Å². The summed E-state index contributed by atoms with van der Waals surface area (Å²) in [4.78, 5) is 19.8. The molecule has 0 saturated carbocycles. The maximum absolute atomic E-state index is 15.3. The minimum absolute atomic E-state index is 0.0492. The Balaban J connectivity index is 1.78. The summed E-state index contributed by atoms with van der Waals surface area (Å²) in [5.74, 6) is -0.524. The first-order valence-corrected chi connectivity index (χ1v) is 15.7. The molecule has 0 aromatic heterocycles. The summed E-state index contributed by atoms with van der Waals surface area (Å²) in [6.45, 7) is 14.5. The quantitative estimate of drug-likeness (QED) is 0.372. The number of halogens is 2. The zero-order valence-corrected chi connectivity index (χ0v) is 26.8. The minimum Gasteiger partial charge on any atom is -0.365 e. The standard InChI is InChI=1S/C31H46ClFN4O2S/c1-9-28(34-40(39)31(4,5)6)24-11-10-12-27(33)29(24)36-15-17-37(18-16-36)30(38)22(3)25(20-35(7)8)23-14-13-21(2)19-26(23)32/h10-14,19,22,25,28,34H,9,15-18,20H2,1-8H3/t22-,25?,28?,40?/m0/s1. The fourth-order valence-electron chi connectivity index (χ4n) is 5.28. The average Bonchev–Trinajstić information content (AvgIpc) is 2.89. The molecule has 1 heterocycles. The molecule has 40 heavy (non-hydrogen) atoms. The van der Waals surface area contributed by atoms with Gasteiger partial charge in [-0.3, -0.25) is 4.79 Å². The van der Waals surface area contributed by atoms with Crippen molar-refractivity contribution in [2.75, 3.05) is 51.7 Å². The molecule has 0 spiro atoms. The van der Waals surface area contributed by atoms with E-state index in [0.717, 1.165) is 16.7 Å². The molecule has 1 aliphatic heterocycles. The highest BCUT2D eigenvalue weighted by Gasteiger charge is 2.34. The Morgan fingerprint density at radius 1 is 1.12 bits per heavy atom. The van der Waals surface area contributed by atoms with Gasteiger partial charge in [-0.15, -0.1) is 0 Å². The summed E-state index contributed by atoms with van der Waals surface area (Å²) < 4.78 is 31.0. The van der Waals surface area contributed by atoms with Crippen molar-refractivity contribution >= 4 is 34.2 Å². The Bertz CT molecular complexity index is 1190. The highest BCUT2D eigenvalue weighted by molar-refractivity contribution is 7.84. The lowest BCUT2D eigenvalue weighted by atomic mass is 9.85. The maximum atomic E-state index is 15.3. The number of rotatable bonds is 10. The van der Waals surface area contributed by atoms with Crippen molar-refractivity contribution in [1.82, 2.24) is 14.5 Å². The average molecular weight is 593 g/mol. The normalized spacial score (nSPS) is 17.6. The van der Waals surface area contributed by atoms with Gasteiger partial charge in [0.05, 0.1) is 21.4 Å². The lowest BCUT2D eigenvalue weighted by Gasteiger charge is -2.40. The zero-order chi connectivity index (χ0) is 29.8. The van der Waals surface area contributed by atoms with Crippen LogP contribution in [0.15, 0.2) is 36.4 Å². The highest BCUT2D eigenvalue weighted by Crippen LogP contribution is 2.35. The van der Waals surface area contributed by atoms with Crippen LogP contribution in [0, 0.1) is 18.7 Å². The van der Waals surface area contributed by atoms with Gasteiger partial charge in [-0.05, 0) is 77.0 Å². The van der Waals surface area contributed by atoms with E-state index in [1.165, 1.54) is 6.07 Å². The van der Waals surface area contributed by atoms with Gasteiger partial charge in [0.1, 0.15) is 5.82 Å². The first-order valence-electron chi connectivity index (χ1n) is 14.2. The number of piperazine rings is 1. The van der Waals surface area contributed by atoms with Gasteiger partial charge in [0.15, 0.2) is 0 Å². The Morgan fingerprint density at radius 2 is 1.77 bits per heavy atom. The van der Waals surface area contributed by atoms with Crippen molar-refractivity contribution in [2.45, 2.75) is 64.7 Å². The molecule has 4 atom stereocenters. The lowest BCUT2D eigenvalue weighted by Crippen LogP contribution is -2.51. The van der Waals surface area contributed by atoms with Gasteiger partial charge in [0.2, 0.25) is 5.91 Å². The Morgan fingerprint density at radius 3 is 2.33 bits per heavy atom. The Labute approximate surface area is 247 Å². The second-order valence-electron chi connectivity index (χ2n) is 12.1. The highest BCUT2D eigenvalue weighted by atomic mass is 35.5. The topological polar surface area (TPSA) is 55.9 Å². The van der Waals surface area contributed by atoms with E-state index in [9.17, 15) is 9.00 Å². The second kappa shape index (κ2) is 13.8. The van der Waals surface area contributed by atoms with Gasteiger partial charge >= 0.3 is 0 Å². The summed E-state index contributed by atoms with van der Waals surface area (Å²) in [6, 6.07) is 10.9. The summed E-state index contributed by atoms with van der Waals surface area (Å²) in [5, 5.41) is 0.690. The fraction of sp³-hybridized carbons (Fsp3) is 0.581. The summed E-state index contributed by atoms with van der Waals surface area (Å²) >= 11 is 6.64. The van der Waals surface area contributed by atoms with Crippen LogP contribution in [0.3, 0.4) is 0 Å². The van der Waals surface area contributed by atoms with Crippen molar-refractivity contribution in [3.8, 4) is 0 Å². The number of hydrogen-bond donors (Lipinski definition) is 1. The van der Waals surface area contributed by atoms with E-state index in [-0.39, 0.29) is 29.6 Å². The molecule has 222 valence electrons. The number of anilines is 1. The summed E-state index contributed by atoms with van der Waals surface area (Å²) in [7, 11) is 2.72. The van der Waals surface area contributed by atoms with Crippen LogP contribution >= 0.6 is 11.6 Å². The van der Waals surface area contributed by atoms with Gasteiger partial charge in [0, 0.05) is 55.6 Å². The molecule has 6 nitrogen and oxygen atoms in total. The predicted molar refractivity (Wildman–Crippen MR) is 166 cm³/mol. The number of nitrogens with zero attached hydrogens (tertiary/aromatic N) is 3. The molecule has 1 N–H and O–H groups in total. The van der Waals surface area contributed by atoms with Crippen molar-refractivity contribution in [3.05, 3.63) is 63.9 Å². The van der Waals surface area contributed by atoms with Crippen LogP contribution in [0.5, 0.6) is 0 Å². The third kappa shape index (κ3) is 7.84. The lowest BCUT2D eigenvalue weighted by molar-refractivity contribution is -0.136. The molecular weight excluding hydrogens is 547 g/mol. The molecule has 1 saturated heterocycles. The van der Waals surface area contributed by atoms with E-state index in [0.29, 0.717) is 49.9 Å². The largest absolute Gasteiger partial charge is 0.365 e. The second-order valence-corrected chi connectivity index (χ2v) is 14.5. The van der Waals surface area contributed by atoms with Gasteiger partial charge in [-0.1, -0.05) is 49.7 Å². The van der Waals surface area contributed by atoms with Crippen LogP contribution in [-0.2, 0) is 15.8 Å². The minimum atomic E-state index is -1.29. The third-order valence-corrected chi connectivity index (χ3v) is 9.56. The molecule has 2 aromatic carbocycles. The number of aryl methyl sites for hydroxylation is 1. The number of carbonyl (C=O) groups excluding carboxylic acids is 1. The number of likely N-dealkylation sites (N-methyl/N-ethyl adjacent to an activating group) is 1. The van der Waals surface area contributed by atoms with Crippen molar-refractivity contribution in [2.24, 2.45) is 5.92 Å². The summed E-state index contributed by atoms with van der Waals surface area (Å²) in [6.07, 6.45) is 0.670. The molecule has 1 amide bonds. The zero-order valence-electron chi connectivity index (χ0n) is 25.3. The van der Waals surface area contributed by atoms with Crippen molar-refractivity contribution in [1.29, 1.82) is 0 Å². The van der Waals surface area contributed by atoms with E-state index in [1.54, 1.807) is 6.07 Å². The van der Waals surface area contributed by atoms with Crippen LogP contribution in [0.2, 0.25) is 5.02 Å². The number of hydrogen-bond acceptors (Lipinski definition) is 4. The molecule has 0 bridgehead atoms. The summed E-state index contributed by atoms with van der Waals surface area (Å²) in [5.41, 5.74) is 3.41. The monoisotopic (exact) mass is 592 g/mol. The molecule has 1 aliphatic rings. The number of nitrogens with one attached hydrogen (secondary N) is 1. The first kappa shape index (κ1) is 32.5. The predicted octanol–water partition coefficient (Wildman–Crippen LogP) is 5.92. The van der Waals surface area contributed by atoms with Crippen LogP contribution in [-0.4, -0.2) is 71.5 Å². The first-order chi connectivity index (χ1) is 18.7. The number of benzene rings is 2. The van der Waals surface area contributed by atoms with Crippen LogP contribution in [0.4, 0.5) is 10.1 Å². The van der Waals surface area contributed by atoms with Crippen molar-refractivity contribution in [3.63, 3.8) is 0 Å². The molecular formula is C31H46ClFN4O2S. The van der Waals surface area contributed by atoms with Crippen LogP contribution < -0.4 is 9.62 Å². The van der Waals surface area contributed by atoms with Crippen molar-refractivity contribution < 1.29 is 13.4 Å². The number of para-hydroxylation sites is 1. The third-order valence-electron chi connectivity index (χ3n) is 7.63. The Kier molecular flexibility index (Phi) is 11.2. The van der Waals surface area contributed by atoms with Gasteiger partial charge in [0.25, 0.3) is 0 Å². The van der Waals surface area contributed by atoms with E-state index >= 15 is 4.39 Å². The van der Waals surface area contributed by atoms with Crippen LogP contribution in [0.1, 0.15) is 69.7 Å². The number of carbonyl (C=O) groups is 1. The molecule has 9 heteroatoms. The van der Waals surface area contributed by atoms with E-state index in [4.69, 9.17) is 11.6 Å². The smallest absolute Gasteiger partial charge is 0.226 e. The molecule has 0 radical (unpaired) electrons. The van der Waals surface area contributed by atoms with E-state index in [2.05, 4.69) is 9.62 Å². The molecule has 2 aromatic rings. The van der Waals surface area contributed by atoms with E-state index in [1.807, 2.05) is 89.7 Å². The molecule has 0 aliphatic carbocycles. The van der Waals surface area contributed by atoms with Crippen LogP contribution in [0.25, 0.3) is 0 Å². The van der Waals surface area contributed by atoms with Gasteiger partial charge in [-0.25, -0.2) is 13.3 Å².